The number of hydrogen-bond acceptors (Lipinski definition) is 4. The van der Waals surface area contributed by atoms with Crippen molar-refractivity contribution in [1.82, 2.24) is 4.98 Å². The van der Waals surface area contributed by atoms with Crippen LogP contribution in [-0.2, 0) is 6.42 Å². The van der Waals surface area contributed by atoms with Gasteiger partial charge in [0.2, 0.25) is 0 Å². The summed E-state index contributed by atoms with van der Waals surface area (Å²) < 4.78 is 1.10. The van der Waals surface area contributed by atoms with E-state index in [0.717, 1.165) is 16.5 Å². The number of nitrogens with zero attached hydrogens (tertiary/aromatic N) is 1. The van der Waals surface area contributed by atoms with Crippen molar-refractivity contribution in [3.8, 4) is 0 Å². The van der Waals surface area contributed by atoms with E-state index in [2.05, 4.69) is 34.6 Å². The van der Waals surface area contributed by atoms with Crippen LogP contribution in [0.4, 0.5) is 0 Å². The number of aryl methyl sites for hydroxylation is 1. The van der Waals surface area contributed by atoms with Crippen molar-refractivity contribution in [3.63, 3.8) is 0 Å². The molecule has 1 aromatic heterocycles. The van der Waals surface area contributed by atoms with Crippen LogP contribution in [0.5, 0.6) is 0 Å². The van der Waals surface area contributed by atoms with E-state index < -0.39 is 0 Å². The lowest BCUT2D eigenvalue weighted by molar-refractivity contribution is 0.737. The smallest absolute Gasteiger partial charge is 0.154 e. The van der Waals surface area contributed by atoms with Gasteiger partial charge >= 0.3 is 0 Å². The Hall–Kier alpha value is -0.840. The number of benzene rings is 1. The molecular formula is C13H16N2S2. The third kappa shape index (κ3) is 3.84. The molecule has 1 heterocycles. The quantitative estimate of drug-likeness (QED) is 0.918. The highest BCUT2D eigenvalue weighted by Gasteiger charge is 2.02. The molecule has 0 amide bonds. The van der Waals surface area contributed by atoms with Crippen LogP contribution in [0.1, 0.15) is 18.2 Å². The Bertz CT molecular complexity index is 474. The predicted molar refractivity (Wildman–Crippen MR) is 74.8 cm³/mol. The monoisotopic (exact) mass is 264 g/mol. The minimum absolute atomic E-state index is 0.218. The van der Waals surface area contributed by atoms with Crippen molar-refractivity contribution >= 4 is 23.1 Å². The van der Waals surface area contributed by atoms with Gasteiger partial charge in [0.15, 0.2) is 4.34 Å². The first-order chi connectivity index (χ1) is 8.13. The average molecular weight is 264 g/mol. The fraction of sp³-hybridized carbons (Fsp3) is 0.308. The summed E-state index contributed by atoms with van der Waals surface area (Å²) in [6.45, 7) is 4.05. The van der Waals surface area contributed by atoms with Crippen molar-refractivity contribution < 1.29 is 0 Å². The molecule has 0 bridgehead atoms. The van der Waals surface area contributed by atoms with Crippen LogP contribution in [0, 0.1) is 6.92 Å². The van der Waals surface area contributed by atoms with Gasteiger partial charge in [-0.25, -0.2) is 4.98 Å². The van der Waals surface area contributed by atoms with E-state index in [1.165, 1.54) is 10.5 Å². The maximum Gasteiger partial charge on any atom is 0.154 e. The highest BCUT2D eigenvalue weighted by Crippen LogP contribution is 2.30. The molecule has 0 spiro atoms. The van der Waals surface area contributed by atoms with Crippen LogP contribution in [0.3, 0.4) is 0 Å². The van der Waals surface area contributed by atoms with Gasteiger partial charge in [-0.15, -0.1) is 11.3 Å². The first kappa shape index (κ1) is 12.6. The summed E-state index contributed by atoms with van der Waals surface area (Å²) in [5.41, 5.74) is 8.16. The molecule has 0 aliphatic heterocycles. The summed E-state index contributed by atoms with van der Waals surface area (Å²) in [5, 5.41) is 2.08. The van der Waals surface area contributed by atoms with Crippen LogP contribution < -0.4 is 5.73 Å². The maximum atomic E-state index is 5.78. The molecule has 2 N–H and O–H groups in total. The third-order valence-electron chi connectivity index (χ3n) is 2.28. The fourth-order valence-electron chi connectivity index (χ4n) is 1.55. The molecule has 0 saturated heterocycles. The topological polar surface area (TPSA) is 38.9 Å². The molecule has 1 unspecified atom stereocenters. The largest absolute Gasteiger partial charge is 0.328 e. The molecule has 2 aromatic rings. The number of nitrogens with two attached hydrogens (primary N) is 1. The normalized spacial score (nSPS) is 12.6. The van der Waals surface area contributed by atoms with Gasteiger partial charge in [-0.1, -0.05) is 23.9 Å². The lowest BCUT2D eigenvalue weighted by Crippen LogP contribution is -2.17. The maximum absolute atomic E-state index is 5.78. The van der Waals surface area contributed by atoms with Crippen LogP contribution in [0.15, 0.2) is 38.9 Å². The Labute approximate surface area is 110 Å². The lowest BCUT2D eigenvalue weighted by Gasteiger charge is -2.05. The fourth-order valence-corrected chi connectivity index (χ4v) is 3.36. The summed E-state index contributed by atoms with van der Waals surface area (Å²) in [6, 6.07) is 8.78. The van der Waals surface area contributed by atoms with Gasteiger partial charge in [0.25, 0.3) is 0 Å². The Morgan fingerprint density at radius 1 is 1.35 bits per heavy atom. The van der Waals surface area contributed by atoms with Crippen molar-refractivity contribution in [2.24, 2.45) is 5.73 Å². The molecule has 2 rings (SSSR count). The molecule has 2 nitrogen and oxygen atoms in total. The first-order valence-corrected chi connectivity index (χ1v) is 7.27. The molecule has 0 aliphatic rings. The van der Waals surface area contributed by atoms with E-state index >= 15 is 0 Å². The highest BCUT2D eigenvalue weighted by molar-refractivity contribution is 8.01. The number of thiazole rings is 1. The van der Waals surface area contributed by atoms with Gasteiger partial charge in [-0.3, -0.25) is 0 Å². The standard InChI is InChI=1S/C13H16N2S2/c1-9(14)7-11-3-5-12(6-4-11)17-13-15-10(2)8-16-13/h3-6,8-9H,7,14H2,1-2H3. The molecule has 4 heteroatoms. The molecule has 0 radical (unpaired) electrons. The molecule has 1 aromatic carbocycles. The zero-order valence-electron chi connectivity index (χ0n) is 10.0. The Kier molecular flexibility index (Phi) is 4.20. The number of aromatic nitrogens is 1. The molecule has 0 fully saturated rings. The van der Waals surface area contributed by atoms with Crippen LogP contribution in [0.25, 0.3) is 0 Å². The minimum atomic E-state index is 0.218. The average Bonchev–Trinajstić information content (AvgIpc) is 2.66. The van der Waals surface area contributed by atoms with Gasteiger partial charge < -0.3 is 5.73 Å². The van der Waals surface area contributed by atoms with Crippen molar-refractivity contribution in [3.05, 3.63) is 40.9 Å². The van der Waals surface area contributed by atoms with E-state index in [1.54, 1.807) is 23.1 Å². The summed E-state index contributed by atoms with van der Waals surface area (Å²) in [5.74, 6) is 0. The second-order valence-corrected chi connectivity index (χ2v) is 6.36. The van der Waals surface area contributed by atoms with Gasteiger partial charge in [0, 0.05) is 22.0 Å². The SMILES string of the molecule is Cc1csc(Sc2ccc(CC(C)N)cc2)n1. The minimum Gasteiger partial charge on any atom is -0.328 e. The summed E-state index contributed by atoms with van der Waals surface area (Å²) in [4.78, 5) is 5.67. The summed E-state index contributed by atoms with van der Waals surface area (Å²) >= 11 is 3.40. The van der Waals surface area contributed by atoms with E-state index in [-0.39, 0.29) is 6.04 Å². The molecule has 17 heavy (non-hydrogen) atoms. The van der Waals surface area contributed by atoms with Gasteiger partial charge in [0.1, 0.15) is 0 Å². The Morgan fingerprint density at radius 3 is 2.59 bits per heavy atom. The second kappa shape index (κ2) is 5.67. The molecule has 1 atom stereocenters. The van der Waals surface area contributed by atoms with Crippen molar-refractivity contribution in [1.29, 1.82) is 0 Å². The Morgan fingerprint density at radius 2 is 2.06 bits per heavy atom. The van der Waals surface area contributed by atoms with Gasteiger partial charge in [-0.05, 0) is 38.0 Å². The van der Waals surface area contributed by atoms with E-state index in [9.17, 15) is 0 Å². The summed E-state index contributed by atoms with van der Waals surface area (Å²) in [7, 11) is 0. The highest BCUT2D eigenvalue weighted by atomic mass is 32.2. The van der Waals surface area contributed by atoms with E-state index in [1.807, 2.05) is 13.8 Å². The lowest BCUT2D eigenvalue weighted by atomic mass is 10.1. The zero-order valence-corrected chi connectivity index (χ0v) is 11.6. The second-order valence-electron chi connectivity index (χ2n) is 4.18. The van der Waals surface area contributed by atoms with Crippen LogP contribution >= 0.6 is 23.1 Å². The van der Waals surface area contributed by atoms with Gasteiger partial charge in [0.05, 0.1) is 0 Å². The van der Waals surface area contributed by atoms with Crippen LogP contribution in [0.2, 0.25) is 0 Å². The van der Waals surface area contributed by atoms with Crippen LogP contribution in [-0.4, -0.2) is 11.0 Å². The zero-order chi connectivity index (χ0) is 12.3. The van der Waals surface area contributed by atoms with E-state index in [0.29, 0.717) is 0 Å². The van der Waals surface area contributed by atoms with Crippen molar-refractivity contribution in [2.75, 3.05) is 0 Å². The van der Waals surface area contributed by atoms with Gasteiger partial charge in [-0.2, -0.15) is 0 Å². The first-order valence-electron chi connectivity index (χ1n) is 5.58. The molecule has 90 valence electrons. The molecule has 0 aliphatic carbocycles. The summed E-state index contributed by atoms with van der Waals surface area (Å²) in [6.07, 6.45) is 0.932. The molecule has 0 saturated carbocycles. The third-order valence-corrected chi connectivity index (χ3v) is 4.35. The molecular weight excluding hydrogens is 248 g/mol. The number of hydrogen-bond donors (Lipinski definition) is 1. The predicted octanol–water partition coefficient (Wildman–Crippen LogP) is 3.49. The van der Waals surface area contributed by atoms with Crippen molar-refractivity contribution in [2.45, 2.75) is 35.5 Å². The van der Waals surface area contributed by atoms with E-state index in [4.69, 9.17) is 5.73 Å². The number of rotatable bonds is 4. The Balaban J connectivity index is 2.03.